The van der Waals surface area contributed by atoms with Gasteiger partial charge in [-0.05, 0) is 24.3 Å². The van der Waals surface area contributed by atoms with Crippen molar-refractivity contribution in [1.82, 2.24) is 0 Å². The minimum Gasteiger partial charge on any atom is -0.462 e. The van der Waals surface area contributed by atoms with E-state index in [1.54, 1.807) is 24.3 Å². The second-order valence-electron chi connectivity index (χ2n) is 4.87. The normalized spacial score (nSPS) is 32.9. The molecule has 118 valence electrons. The van der Waals surface area contributed by atoms with Crippen LogP contribution in [0.2, 0.25) is 0 Å². The number of nitrogens with two attached hydrogens (primary N) is 1. The summed E-state index contributed by atoms with van der Waals surface area (Å²) in [7, 11) is 2.90. The van der Waals surface area contributed by atoms with Crippen molar-refractivity contribution in [2.45, 2.75) is 30.7 Å². The van der Waals surface area contributed by atoms with Crippen LogP contribution >= 0.6 is 0 Å². The molecule has 0 spiro atoms. The molecule has 1 aliphatic heterocycles. The summed E-state index contributed by atoms with van der Waals surface area (Å²) < 4.78 is 21.5. The Hall–Kier alpha value is -1.38. The summed E-state index contributed by atoms with van der Waals surface area (Å²) >= 11 is 0. The first-order chi connectivity index (χ1) is 10.1. The first-order valence-corrected chi connectivity index (χ1v) is 6.62. The van der Waals surface area contributed by atoms with E-state index in [1.165, 1.54) is 14.2 Å². The van der Waals surface area contributed by atoms with E-state index in [-0.39, 0.29) is 6.61 Å². The highest BCUT2D eigenvalue weighted by Gasteiger charge is 2.46. The minimum atomic E-state index is -1.14. The number of benzene rings is 1. The highest BCUT2D eigenvalue weighted by Crippen LogP contribution is 2.26. The second-order valence-corrected chi connectivity index (χ2v) is 4.87. The van der Waals surface area contributed by atoms with E-state index in [4.69, 9.17) is 24.7 Å². The van der Waals surface area contributed by atoms with E-state index in [2.05, 4.69) is 0 Å². The number of aliphatic hydroxyl groups is 2. The van der Waals surface area contributed by atoms with Crippen LogP contribution in [0.3, 0.4) is 0 Å². The zero-order chi connectivity index (χ0) is 15.4. The molecule has 0 saturated carbocycles. The second kappa shape index (κ2) is 7.06. The third-order valence-corrected chi connectivity index (χ3v) is 3.38. The van der Waals surface area contributed by atoms with Crippen molar-refractivity contribution in [2.75, 3.05) is 26.6 Å². The Bertz CT molecular complexity index is 438. The summed E-state index contributed by atoms with van der Waals surface area (Å²) in [4.78, 5) is 0. The van der Waals surface area contributed by atoms with Crippen molar-refractivity contribution in [2.24, 2.45) is 0 Å². The van der Waals surface area contributed by atoms with Gasteiger partial charge in [-0.1, -0.05) is 0 Å². The lowest BCUT2D eigenvalue weighted by Crippen LogP contribution is -2.60. The maximum atomic E-state index is 10.1. The Balaban J connectivity index is 2.12. The molecule has 5 atom stereocenters. The summed E-state index contributed by atoms with van der Waals surface area (Å²) in [5.74, 6) is 0.524. The minimum absolute atomic E-state index is 0.135. The molecule has 7 nitrogen and oxygen atoms in total. The Morgan fingerprint density at radius 3 is 2.38 bits per heavy atom. The van der Waals surface area contributed by atoms with Crippen molar-refractivity contribution in [3.63, 3.8) is 0 Å². The van der Waals surface area contributed by atoms with E-state index < -0.39 is 30.7 Å². The topological polar surface area (TPSA) is 103 Å². The lowest BCUT2D eigenvalue weighted by molar-refractivity contribution is -0.284. The van der Waals surface area contributed by atoms with Crippen molar-refractivity contribution in [1.29, 1.82) is 0 Å². The molecule has 0 radical (unpaired) electrons. The Morgan fingerprint density at radius 1 is 1.14 bits per heavy atom. The van der Waals surface area contributed by atoms with Crippen LogP contribution < -0.4 is 10.5 Å². The molecule has 1 fully saturated rings. The predicted octanol–water partition coefficient (Wildman–Crippen LogP) is -0.244. The standard InChI is InChI=1S/C14H21NO6/c1-18-7-10-11(16)12(17)13(19-2)14(21-10)20-9-5-3-8(15)4-6-9/h3-6,10-14,16-17H,7,15H2,1-2H3. The van der Waals surface area contributed by atoms with Crippen molar-refractivity contribution >= 4 is 5.69 Å². The predicted molar refractivity (Wildman–Crippen MR) is 74.8 cm³/mol. The monoisotopic (exact) mass is 299 g/mol. The van der Waals surface area contributed by atoms with Crippen LogP contribution in [0.15, 0.2) is 24.3 Å². The molecule has 0 bridgehead atoms. The third-order valence-electron chi connectivity index (χ3n) is 3.38. The average Bonchev–Trinajstić information content (AvgIpc) is 2.47. The van der Waals surface area contributed by atoms with E-state index in [1.807, 2.05) is 0 Å². The molecular weight excluding hydrogens is 278 g/mol. The molecule has 7 heteroatoms. The quantitative estimate of drug-likeness (QED) is 0.644. The summed E-state index contributed by atoms with van der Waals surface area (Å²) in [5.41, 5.74) is 6.23. The van der Waals surface area contributed by atoms with Gasteiger partial charge >= 0.3 is 0 Å². The van der Waals surface area contributed by atoms with Crippen LogP contribution in [0, 0.1) is 0 Å². The molecule has 1 aliphatic rings. The molecule has 5 unspecified atom stereocenters. The van der Waals surface area contributed by atoms with Gasteiger partial charge in [-0.25, -0.2) is 0 Å². The Labute approximate surface area is 123 Å². The SMILES string of the molecule is COCC1OC(Oc2ccc(N)cc2)C(OC)C(O)C1O. The number of rotatable bonds is 5. The van der Waals surface area contributed by atoms with Crippen LogP contribution in [0.5, 0.6) is 5.75 Å². The maximum absolute atomic E-state index is 10.1. The smallest absolute Gasteiger partial charge is 0.229 e. The first-order valence-electron chi connectivity index (χ1n) is 6.62. The largest absolute Gasteiger partial charge is 0.462 e. The number of aliphatic hydroxyl groups excluding tert-OH is 2. The van der Waals surface area contributed by atoms with E-state index in [0.29, 0.717) is 11.4 Å². The van der Waals surface area contributed by atoms with Crippen LogP contribution in [-0.2, 0) is 14.2 Å². The zero-order valence-corrected chi connectivity index (χ0v) is 12.0. The highest BCUT2D eigenvalue weighted by atomic mass is 16.7. The molecule has 4 N–H and O–H groups in total. The molecule has 0 amide bonds. The molecule has 1 saturated heterocycles. The van der Waals surface area contributed by atoms with Gasteiger partial charge < -0.3 is 34.9 Å². The molecule has 1 aromatic rings. The van der Waals surface area contributed by atoms with Gasteiger partial charge in [0.15, 0.2) is 0 Å². The molecular formula is C14H21NO6. The molecule has 0 aliphatic carbocycles. The fourth-order valence-corrected chi connectivity index (χ4v) is 2.23. The van der Waals surface area contributed by atoms with Crippen LogP contribution in [0.1, 0.15) is 0 Å². The van der Waals surface area contributed by atoms with Crippen LogP contribution in [-0.4, -0.2) is 61.7 Å². The highest BCUT2D eigenvalue weighted by molar-refractivity contribution is 5.41. The third kappa shape index (κ3) is 3.63. The molecule has 0 aromatic heterocycles. The molecule has 2 rings (SSSR count). The summed E-state index contributed by atoms with van der Waals surface area (Å²) in [5, 5.41) is 20.1. The van der Waals surface area contributed by atoms with E-state index >= 15 is 0 Å². The maximum Gasteiger partial charge on any atom is 0.229 e. The summed E-state index contributed by atoms with van der Waals surface area (Å²) in [6, 6.07) is 6.76. The fourth-order valence-electron chi connectivity index (χ4n) is 2.23. The zero-order valence-electron chi connectivity index (χ0n) is 12.0. The van der Waals surface area contributed by atoms with Gasteiger partial charge in [0.25, 0.3) is 0 Å². The number of hydrogen-bond acceptors (Lipinski definition) is 7. The van der Waals surface area contributed by atoms with Gasteiger partial charge in [0.1, 0.15) is 30.2 Å². The van der Waals surface area contributed by atoms with Crippen molar-refractivity contribution < 1.29 is 29.2 Å². The summed E-state index contributed by atoms with van der Waals surface area (Å²) in [6.45, 7) is 0.135. The van der Waals surface area contributed by atoms with Crippen molar-refractivity contribution in [3.05, 3.63) is 24.3 Å². The fraction of sp³-hybridized carbons (Fsp3) is 0.571. The number of anilines is 1. The molecule has 1 aromatic carbocycles. The average molecular weight is 299 g/mol. The molecule has 21 heavy (non-hydrogen) atoms. The van der Waals surface area contributed by atoms with Gasteiger partial charge in [-0.3, -0.25) is 0 Å². The number of methoxy groups -OCH3 is 2. The number of nitrogen functional groups attached to an aromatic ring is 1. The van der Waals surface area contributed by atoms with E-state index in [0.717, 1.165) is 0 Å². The van der Waals surface area contributed by atoms with Gasteiger partial charge in [0.05, 0.1) is 6.61 Å². The van der Waals surface area contributed by atoms with E-state index in [9.17, 15) is 10.2 Å². The van der Waals surface area contributed by atoms with Crippen molar-refractivity contribution in [3.8, 4) is 5.75 Å². The van der Waals surface area contributed by atoms with Gasteiger partial charge in [-0.15, -0.1) is 0 Å². The summed E-state index contributed by atoms with van der Waals surface area (Å²) in [6.07, 6.45) is -4.62. The van der Waals surface area contributed by atoms with Gasteiger partial charge in [-0.2, -0.15) is 0 Å². The first kappa shape index (κ1) is 16.0. The van der Waals surface area contributed by atoms with Crippen LogP contribution in [0.25, 0.3) is 0 Å². The van der Waals surface area contributed by atoms with Gasteiger partial charge in [0.2, 0.25) is 6.29 Å². The number of hydrogen-bond donors (Lipinski definition) is 3. The molecule has 1 heterocycles. The lowest BCUT2D eigenvalue weighted by Gasteiger charge is -2.41. The van der Waals surface area contributed by atoms with Gasteiger partial charge in [0, 0.05) is 19.9 Å². The Morgan fingerprint density at radius 2 is 1.81 bits per heavy atom. The number of ether oxygens (including phenoxy) is 4. The Kier molecular flexibility index (Phi) is 5.38. The lowest BCUT2D eigenvalue weighted by atomic mass is 9.99. The van der Waals surface area contributed by atoms with Crippen LogP contribution in [0.4, 0.5) is 5.69 Å².